The molecule has 3 heterocycles. The van der Waals surface area contributed by atoms with Crippen LogP contribution in [0.15, 0.2) is 47.5 Å². The predicted octanol–water partition coefficient (Wildman–Crippen LogP) is 3.05. The number of pyridine rings is 1. The number of aromatic nitrogens is 1. The first-order valence-electron chi connectivity index (χ1n) is 11.1. The summed E-state index contributed by atoms with van der Waals surface area (Å²) < 4.78 is 27.1. The van der Waals surface area contributed by atoms with Crippen LogP contribution in [-0.4, -0.2) is 54.7 Å². The molecule has 0 aliphatic carbocycles. The van der Waals surface area contributed by atoms with Crippen LogP contribution in [0, 0.1) is 5.92 Å². The van der Waals surface area contributed by atoms with Crippen molar-refractivity contribution in [3.05, 3.63) is 58.9 Å². The van der Waals surface area contributed by atoms with Gasteiger partial charge in [-0.2, -0.15) is 4.31 Å². The molecule has 0 bridgehead atoms. The van der Waals surface area contributed by atoms with E-state index in [1.165, 1.54) is 35.0 Å². The molecule has 1 N–H and O–H groups in total. The molecule has 172 valence electrons. The van der Waals surface area contributed by atoms with Crippen LogP contribution in [0.5, 0.6) is 0 Å². The van der Waals surface area contributed by atoms with Gasteiger partial charge in [0.05, 0.1) is 0 Å². The summed E-state index contributed by atoms with van der Waals surface area (Å²) in [6.07, 6.45) is 4.93. The Morgan fingerprint density at radius 2 is 1.72 bits per heavy atom. The molecule has 9 heteroatoms. The van der Waals surface area contributed by atoms with Crippen molar-refractivity contribution >= 4 is 27.5 Å². The van der Waals surface area contributed by atoms with Crippen molar-refractivity contribution in [1.29, 1.82) is 0 Å². The Morgan fingerprint density at radius 3 is 2.41 bits per heavy atom. The highest BCUT2D eigenvalue weighted by molar-refractivity contribution is 7.89. The first-order chi connectivity index (χ1) is 15.4. The van der Waals surface area contributed by atoms with Crippen molar-refractivity contribution in [2.45, 2.75) is 43.7 Å². The molecule has 2 saturated heterocycles. The third-order valence-electron chi connectivity index (χ3n) is 6.33. The summed E-state index contributed by atoms with van der Waals surface area (Å²) in [5.74, 6) is -0.214. The second-order valence-corrected chi connectivity index (χ2v) is 10.7. The van der Waals surface area contributed by atoms with E-state index in [0.29, 0.717) is 19.4 Å². The molecule has 32 heavy (non-hydrogen) atoms. The number of halogens is 1. The van der Waals surface area contributed by atoms with Crippen molar-refractivity contribution in [3.8, 4) is 0 Å². The lowest BCUT2D eigenvalue weighted by atomic mass is 9.97. The van der Waals surface area contributed by atoms with Gasteiger partial charge in [-0.05, 0) is 62.0 Å². The van der Waals surface area contributed by atoms with Gasteiger partial charge in [0, 0.05) is 38.3 Å². The summed E-state index contributed by atoms with van der Waals surface area (Å²) in [6, 6.07) is 11.3. The lowest BCUT2D eigenvalue weighted by molar-refractivity contribution is -0.126. The average Bonchev–Trinajstić information content (AvgIpc) is 3.32. The van der Waals surface area contributed by atoms with E-state index in [4.69, 9.17) is 11.6 Å². The van der Waals surface area contributed by atoms with E-state index in [-0.39, 0.29) is 35.0 Å². The van der Waals surface area contributed by atoms with E-state index in [9.17, 15) is 13.2 Å². The van der Waals surface area contributed by atoms with Gasteiger partial charge in [0.1, 0.15) is 10.0 Å². The van der Waals surface area contributed by atoms with Crippen molar-refractivity contribution in [1.82, 2.24) is 19.5 Å². The molecule has 0 unspecified atom stereocenters. The van der Waals surface area contributed by atoms with E-state index in [0.717, 1.165) is 25.2 Å². The average molecular weight is 477 g/mol. The fourth-order valence-corrected chi connectivity index (χ4v) is 6.35. The molecule has 0 saturated carbocycles. The van der Waals surface area contributed by atoms with E-state index >= 15 is 0 Å². The minimum atomic E-state index is -3.71. The minimum Gasteiger partial charge on any atom is -0.352 e. The Bertz CT molecular complexity index is 1050. The van der Waals surface area contributed by atoms with Gasteiger partial charge in [0.15, 0.2) is 0 Å². The third-order valence-corrected chi connectivity index (χ3v) is 8.67. The number of hydrogen-bond acceptors (Lipinski definition) is 5. The lowest BCUT2D eigenvalue weighted by Gasteiger charge is -2.30. The van der Waals surface area contributed by atoms with Crippen molar-refractivity contribution in [2.24, 2.45) is 5.92 Å². The number of carbonyl (C=O) groups excluding carboxylic acids is 1. The Kier molecular flexibility index (Phi) is 7.45. The maximum atomic E-state index is 12.9. The molecule has 1 amide bonds. The fourth-order valence-electron chi connectivity index (χ4n) is 4.45. The van der Waals surface area contributed by atoms with Gasteiger partial charge in [0.25, 0.3) is 0 Å². The van der Waals surface area contributed by atoms with Crippen LogP contribution in [0.4, 0.5) is 0 Å². The molecule has 2 aliphatic heterocycles. The highest BCUT2D eigenvalue weighted by atomic mass is 35.5. The number of benzene rings is 1. The number of rotatable bonds is 7. The molecule has 1 aromatic heterocycles. The van der Waals surface area contributed by atoms with E-state index in [2.05, 4.69) is 27.3 Å². The molecule has 2 fully saturated rings. The Hall–Kier alpha value is -2.00. The van der Waals surface area contributed by atoms with Gasteiger partial charge in [-0.1, -0.05) is 35.9 Å². The second kappa shape index (κ2) is 10.3. The van der Waals surface area contributed by atoms with Crippen LogP contribution in [0.2, 0.25) is 5.15 Å². The summed E-state index contributed by atoms with van der Waals surface area (Å²) in [4.78, 5) is 19.1. The summed E-state index contributed by atoms with van der Waals surface area (Å²) in [5, 5.41) is 3.04. The summed E-state index contributed by atoms with van der Waals surface area (Å²) >= 11 is 5.99. The predicted molar refractivity (Wildman–Crippen MR) is 124 cm³/mol. The van der Waals surface area contributed by atoms with Crippen LogP contribution in [0.1, 0.15) is 36.8 Å². The maximum absolute atomic E-state index is 12.9. The molecule has 1 aromatic carbocycles. The molecule has 2 aromatic rings. The lowest BCUT2D eigenvalue weighted by Crippen LogP contribution is -2.43. The van der Waals surface area contributed by atoms with Crippen LogP contribution >= 0.6 is 11.6 Å². The molecular formula is C23H29ClN4O3S. The van der Waals surface area contributed by atoms with Crippen LogP contribution in [0.3, 0.4) is 0 Å². The standard InChI is InChI=1S/C23H29ClN4O3S/c24-22-21(8-5-11-25-22)32(30,31)28-14-9-18(10-15-28)23(29)26-16-19-6-1-2-7-20(19)17-27-12-3-4-13-27/h1-2,5-8,11,18H,3-4,9-10,12-17H2,(H,26,29). The Balaban J connectivity index is 1.31. The Morgan fingerprint density at radius 1 is 1.03 bits per heavy atom. The second-order valence-electron chi connectivity index (χ2n) is 8.44. The molecule has 0 spiro atoms. The quantitative estimate of drug-likeness (QED) is 0.621. The summed E-state index contributed by atoms with van der Waals surface area (Å²) in [5.41, 5.74) is 2.39. The largest absolute Gasteiger partial charge is 0.352 e. The number of nitrogens with zero attached hydrogens (tertiary/aromatic N) is 3. The van der Waals surface area contributed by atoms with Gasteiger partial charge in [-0.25, -0.2) is 13.4 Å². The first kappa shape index (κ1) is 23.2. The fraction of sp³-hybridized carbons (Fsp3) is 0.478. The summed E-state index contributed by atoms with van der Waals surface area (Å²) in [6.45, 7) is 4.25. The minimum absolute atomic E-state index is 0.0131. The zero-order valence-corrected chi connectivity index (χ0v) is 19.6. The van der Waals surface area contributed by atoms with Gasteiger partial charge in [0.2, 0.25) is 15.9 Å². The molecule has 4 rings (SSSR count). The van der Waals surface area contributed by atoms with Crippen LogP contribution in [-0.2, 0) is 27.9 Å². The number of likely N-dealkylation sites (tertiary alicyclic amines) is 1. The normalized spacial score (nSPS) is 18.7. The SMILES string of the molecule is O=C(NCc1ccccc1CN1CCCC1)C1CCN(S(=O)(=O)c2cccnc2Cl)CC1. The van der Waals surface area contributed by atoms with E-state index < -0.39 is 10.0 Å². The van der Waals surface area contributed by atoms with E-state index in [1.54, 1.807) is 6.07 Å². The van der Waals surface area contributed by atoms with Crippen molar-refractivity contribution in [2.75, 3.05) is 26.2 Å². The molecule has 0 radical (unpaired) electrons. The number of amides is 1. The van der Waals surface area contributed by atoms with Gasteiger partial charge >= 0.3 is 0 Å². The third kappa shape index (κ3) is 5.31. The van der Waals surface area contributed by atoms with Crippen molar-refractivity contribution < 1.29 is 13.2 Å². The smallest absolute Gasteiger partial charge is 0.246 e. The molecular weight excluding hydrogens is 448 g/mol. The molecule has 2 aliphatic rings. The zero-order chi connectivity index (χ0) is 22.6. The highest BCUT2D eigenvalue weighted by Gasteiger charge is 2.33. The van der Waals surface area contributed by atoms with E-state index in [1.807, 2.05) is 12.1 Å². The maximum Gasteiger partial charge on any atom is 0.246 e. The number of hydrogen-bond donors (Lipinski definition) is 1. The van der Waals surface area contributed by atoms with Gasteiger partial charge in [-0.15, -0.1) is 0 Å². The van der Waals surface area contributed by atoms with Crippen LogP contribution < -0.4 is 5.32 Å². The first-order valence-corrected chi connectivity index (χ1v) is 12.9. The number of sulfonamides is 1. The number of carbonyl (C=O) groups is 1. The topological polar surface area (TPSA) is 82.6 Å². The van der Waals surface area contributed by atoms with Gasteiger partial charge < -0.3 is 5.32 Å². The number of nitrogens with one attached hydrogen (secondary N) is 1. The van der Waals surface area contributed by atoms with Gasteiger partial charge in [-0.3, -0.25) is 9.69 Å². The van der Waals surface area contributed by atoms with Crippen molar-refractivity contribution in [3.63, 3.8) is 0 Å². The monoisotopic (exact) mass is 476 g/mol. The Labute approximate surface area is 194 Å². The highest BCUT2D eigenvalue weighted by Crippen LogP contribution is 2.27. The summed E-state index contributed by atoms with van der Waals surface area (Å²) in [7, 11) is -3.71. The number of piperidine rings is 1. The molecule has 0 atom stereocenters. The molecule has 7 nitrogen and oxygen atoms in total. The zero-order valence-electron chi connectivity index (χ0n) is 18.0. The van der Waals surface area contributed by atoms with Crippen LogP contribution in [0.25, 0.3) is 0 Å².